The van der Waals surface area contributed by atoms with Gasteiger partial charge in [0.15, 0.2) is 0 Å². The van der Waals surface area contributed by atoms with Gasteiger partial charge in [-0.15, -0.1) is 0 Å². The smallest absolute Gasteiger partial charge is 0.315 e. The molecule has 3 fully saturated rings. The van der Waals surface area contributed by atoms with Crippen LogP contribution in [0.4, 0.5) is 4.79 Å². The first kappa shape index (κ1) is 18.0. The maximum Gasteiger partial charge on any atom is 0.315 e. The minimum atomic E-state index is -0.00575. The van der Waals surface area contributed by atoms with Crippen LogP contribution in [-0.4, -0.2) is 80.9 Å². The molecule has 6 nitrogen and oxygen atoms in total. The second kappa shape index (κ2) is 9.59. The molecule has 2 N–H and O–H groups in total. The predicted molar refractivity (Wildman–Crippen MR) is 95.2 cm³/mol. The number of nitrogens with zero attached hydrogens (tertiary/aromatic N) is 2. The molecule has 2 saturated heterocycles. The number of hydrogen-bond acceptors (Lipinski definition) is 4. The molecule has 1 atom stereocenters. The normalized spacial score (nSPS) is 27.2. The summed E-state index contributed by atoms with van der Waals surface area (Å²) in [5.74, 6) is 0.898. The average Bonchev–Trinajstić information content (AvgIpc) is 3.16. The largest absolute Gasteiger partial charge is 0.380 e. The van der Waals surface area contributed by atoms with Crippen molar-refractivity contribution < 1.29 is 9.53 Å². The summed E-state index contributed by atoms with van der Waals surface area (Å²) in [6, 6.07) is 0.312. The Morgan fingerprint density at radius 3 is 2.75 bits per heavy atom. The van der Waals surface area contributed by atoms with E-state index >= 15 is 0 Å². The van der Waals surface area contributed by atoms with Gasteiger partial charge in [0.2, 0.25) is 0 Å². The summed E-state index contributed by atoms with van der Waals surface area (Å²) in [4.78, 5) is 17.0. The lowest BCUT2D eigenvalue weighted by molar-refractivity contribution is 0.141. The highest BCUT2D eigenvalue weighted by molar-refractivity contribution is 5.74. The van der Waals surface area contributed by atoms with Crippen LogP contribution in [0.15, 0.2) is 0 Å². The third-order valence-corrected chi connectivity index (χ3v) is 5.63. The van der Waals surface area contributed by atoms with Crippen LogP contribution in [-0.2, 0) is 4.74 Å². The Labute approximate surface area is 146 Å². The number of hydrogen-bond donors (Lipinski definition) is 2. The van der Waals surface area contributed by atoms with Gasteiger partial charge in [0.05, 0.1) is 6.61 Å². The summed E-state index contributed by atoms with van der Waals surface area (Å²) in [5.41, 5.74) is 0. The molecular formula is C18H34N4O2. The summed E-state index contributed by atoms with van der Waals surface area (Å²) in [5, 5.41) is 6.16. The van der Waals surface area contributed by atoms with Crippen LogP contribution in [0.2, 0.25) is 0 Å². The van der Waals surface area contributed by atoms with E-state index < -0.39 is 0 Å². The Bertz CT molecular complexity index is 379. The van der Waals surface area contributed by atoms with Gasteiger partial charge in [-0.1, -0.05) is 12.8 Å². The maximum atomic E-state index is 12.1. The number of nitrogens with one attached hydrogen (secondary N) is 2. The minimum Gasteiger partial charge on any atom is -0.380 e. The van der Waals surface area contributed by atoms with Crippen LogP contribution in [0.1, 0.15) is 38.5 Å². The molecule has 3 rings (SSSR count). The Morgan fingerprint density at radius 1 is 1.00 bits per heavy atom. The predicted octanol–water partition coefficient (Wildman–Crippen LogP) is 1.27. The average molecular weight is 338 g/mol. The quantitative estimate of drug-likeness (QED) is 0.766. The van der Waals surface area contributed by atoms with Gasteiger partial charge in [-0.05, 0) is 31.6 Å². The summed E-state index contributed by atoms with van der Waals surface area (Å²) in [6.45, 7) is 8.73. The van der Waals surface area contributed by atoms with Gasteiger partial charge in [0.1, 0.15) is 0 Å². The zero-order chi connectivity index (χ0) is 16.6. The number of amides is 2. The van der Waals surface area contributed by atoms with Crippen LogP contribution in [0.3, 0.4) is 0 Å². The van der Waals surface area contributed by atoms with Gasteiger partial charge in [-0.3, -0.25) is 4.90 Å². The number of urea groups is 1. The van der Waals surface area contributed by atoms with E-state index in [1.54, 1.807) is 0 Å². The third-order valence-electron chi connectivity index (χ3n) is 5.63. The summed E-state index contributed by atoms with van der Waals surface area (Å²) < 4.78 is 5.45. The number of rotatable bonds is 6. The van der Waals surface area contributed by atoms with Crippen molar-refractivity contribution in [3.63, 3.8) is 0 Å². The van der Waals surface area contributed by atoms with Crippen molar-refractivity contribution in [1.82, 2.24) is 20.4 Å². The van der Waals surface area contributed by atoms with E-state index in [4.69, 9.17) is 4.74 Å². The van der Waals surface area contributed by atoms with Crippen LogP contribution >= 0.6 is 0 Å². The molecule has 2 amide bonds. The molecule has 1 aliphatic carbocycles. The van der Waals surface area contributed by atoms with E-state index in [1.807, 2.05) is 0 Å². The van der Waals surface area contributed by atoms with E-state index in [0.717, 1.165) is 64.7 Å². The molecule has 0 aromatic rings. The molecule has 3 aliphatic rings. The van der Waals surface area contributed by atoms with Gasteiger partial charge in [-0.25, -0.2) is 4.79 Å². The van der Waals surface area contributed by atoms with Crippen molar-refractivity contribution in [3.05, 3.63) is 0 Å². The molecular weight excluding hydrogens is 304 g/mol. The van der Waals surface area contributed by atoms with Crippen LogP contribution in [0.25, 0.3) is 0 Å². The number of likely N-dealkylation sites (tertiary alicyclic amines) is 1. The number of carbonyl (C=O) groups is 1. The first-order chi connectivity index (χ1) is 11.8. The summed E-state index contributed by atoms with van der Waals surface area (Å²) in [7, 11) is 0. The van der Waals surface area contributed by atoms with Gasteiger partial charge < -0.3 is 20.3 Å². The fourth-order valence-electron chi connectivity index (χ4n) is 4.26. The topological polar surface area (TPSA) is 56.8 Å². The van der Waals surface area contributed by atoms with Crippen molar-refractivity contribution in [2.75, 3.05) is 59.0 Å². The zero-order valence-electron chi connectivity index (χ0n) is 15.0. The van der Waals surface area contributed by atoms with E-state index in [9.17, 15) is 4.79 Å². The Kier molecular flexibility index (Phi) is 7.17. The Hall–Kier alpha value is -0.850. The molecule has 2 heterocycles. The lowest BCUT2D eigenvalue weighted by atomic mass is 10.1. The second-order valence-corrected chi connectivity index (χ2v) is 7.60. The maximum absolute atomic E-state index is 12.1. The Morgan fingerprint density at radius 2 is 1.88 bits per heavy atom. The standard InChI is InChI=1S/C18H34N4O2/c23-18(19-7-10-21-8-3-12-24-13-11-21)20-17-6-9-22(15-17)14-16-4-1-2-5-16/h16-17H,1-15H2,(H2,19,20,23). The van der Waals surface area contributed by atoms with Crippen molar-refractivity contribution >= 4 is 6.03 Å². The SMILES string of the molecule is O=C(NCCN1CCCOCC1)NC1CCN(CC2CCCC2)C1. The van der Waals surface area contributed by atoms with Crippen molar-refractivity contribution in [3.8, 4) is 0 Å². The summed E-state index contributed by atoms with van der Waals surface area (Å²) in [6.07, 6.45) is 7.79. The molecule has 1 saturated carbocycles. The molecule has 0 spiro atoms. The van der Waals surface area contributed by atoms with Gasteiger partial charge >= 0.3 is 6.03 Å². The molecule has 24 heavy (non-hydrogen) atoms. The van der Waals surface area contributed by atoms with E-state index in [1.165, 1.54) is 32.2 Å². The van der Waals surface area contributed by atoms with Crippen molar-refractivity contribution in [2.45, 2.75) is 44.6 Å². The highest BCUT2D eigenvalue weighted by Crippen LogP contribution is 2.26. The molecule has 0 radical (unpaired) electrons. The Balaban J connectivity index is 1.26. The first-order valence-electron chi connectivity index (χ1n) is 9.86. The summed E-state index contributed by atoms with van der Waals surface area (Å²) >= 11 is 0. The fourth-order valence-corrected chi connectivity index (χ4v) is 4.26. The van der Waals surface area contributed by atoms with Crippen molar-refractivity contribution in [2.24, 2.45) is 5.92 Å². The third kappa shape index (κ3) is 5.90. The van der Waals surface area contributed by atoms with Gasteiger partial charge in [-0.2, -0.15) is 0 Å². The lowest BCUT2D eigenvalue weighted by Crippen LogP contribution is -2.45. The molecule has 0 aromatic carbocycles. The lowest BCUT2D eigenvalue weighted by Gasteiger charge is -2.21. The fraction of sp³-hybridized carbons (Fsp3) is 0.944. The highest BCUT2D eigenvalue weighted by atomic mass is 16.5. The first-order valence-corrected chi connectivity index (χ1v) is 9.86. The molecule has 6 heteroatoms. The van der Waals surface area contributed by atoms with Gasteiger partial charge in [0, 0.05) is 58.5 Å². The van der Waals surface area contributed by atoms with Crippen molar-refractivity contribution in [1.29, 1.82) is 0 Å². The number of ether oxygens (including phenoxy) is 1. The molecule has 0 bridgehead atoms. The minimum absolute atomic E-state index is 0.00575. The monoisotopic (exact) mass is 338 g/mol. The number of carbonyl (C=O) groups excluding carboxylic acids is 1. The van der Waals surface area contributed by atoms with E-state index in [0.29, 0.717) is 12.6 Å². The van der Waals surface area contributed by atoms with E-state index in [-0.39, 0.29) is 6.03 Å². The van der Waals surface area contributed by atoms with Crippen LogP contribution in [0, 0.1) is 5.92 Å². The van der Waals surface area contributed by atoms with E-state index in [2.05, 4.69) is 20.4 Å². The molecule has 138 valence electrons. The molecule has 0 aromatic heterocycles. The molecule has 1 unspecified atom stereocenters. The zero-order valence-corrected chi connectivity index (χ0v) is 15.0. The van der Waals surface area contributed by atoms with Crippen LogP contribution in [0.5, 0.6) is 0 Å². The molecule has 2 aliphatic heterocycles. The second-order valence-electron chi connectivity index (χ2n) is 7.60. The van der Waals surface area contributed by atoms with Crippen LogP contribution < -0.4 is 10.6 Å². The highest BCUT2D eigenvalue weighted by Gasteiger charge is 2.26. The van der Waals surface area contributed by atoms with Gasteiger partial charge in [0.25, 0.3) is 0 Å².